The van der Waals surface area contributed by atoms with Crippen molar-refractivity contribution >= 4 is 11.8 Å². The number of rotatable bonds is 6. The molecule has 134 valence electrons. The summed E-state index contributed by atoms with van der Waals surface area (Å²) in [5, 5.41) is 11.6. The van der Waals surface area contributed by atoms with E-state index in [1.165, 1.54) is 0 Å². The van der Waals surface area contributed by atoms with E-state index in [2.05, 4.69) is 11.4 Å². The zero-order valence-corrected chi connectivity index (χ0v) is 14.6. The molecule has 0 radical (unpaired) electrons. The van der Waals surface area contributed by atoms with Crippen molar-refractivity contribution in [3.05, 3.63) is 95.6 Å². The average molecular weight is 358 g/mol. The van der Waals surface area contributed by atoms with Crippen LogP contribution in [0.15, 0.2) is 78.9 Å². The summed E-state index contributed by atoms with van der Waals surface area (Å²) in [5.41, 5.74) is 2.99. The van der Waals surface area contributed by atoms with Crippen molar-refractivity contribution in [1.82, 2.24) is 0 Å². The molecule has 0 saturated carbocycles. The molecule has 0 saturated heterocycles. The summed E-state index contributed by atoms with van der Waals surface area (Å²) in [7, 11) is 0. The van der Waals surface area contributed by atoms with E-state index >= 15 is 0 Å². The number of amides is 1. The summed E-state index contributed by atoms with van der Waals surface area (Å²) in [6.45, 7) is 0.537. The van der Waals surface area contributed by atoms with Crippen LogP contribution >= 0.6 is 0 Å². The number of ether oxygens (including phenoxy) is 2. The third-order valence-electron chi connectivity index (χ3n) is 3.75. The summed E-state index contributed by atoms with van der Waals surface area (Å²) < 4.78 is 10.9. The highest BCUT2D eigenvalue weighted by Crippen LogP contribution is 2.19. The van der Waals surface area contributed by atoms with E-state index in [9.17, 15) is 4.79 Å². The molecule has 3 aromatic carbocycles. The summed E-state index contributed by atoms with van der Waals surface area (Å²) in [6, 6.07) is 25.9. The number of carbonyl (C=O) groups is 1. The zero-order valence-electron chi connectivity index (χ0n) is 14.6. The van der Waals surface area contributed by atoms with Gasteiger partial charge in [-0.1, -0.05) is 48.5 Å². The van der Waals surface area contributed by atoms with Crippen LogP contribution in [0.3, 0.4) is 0 Å². The maximum absolute atomic E-state index is 11.9. The SMILES string of the molecule is N#Cc1cccc(COc2cccc(NC(=O)OCc3ccccc3)c2)c1. The molecule has 5 heteroatoms. The molecule has 0 unspecified atom stereocenters. The van der Waals surface area contributed by atoms with Crippen molar-refractivity contribution < 1.29 is 14.3 Å². The molecule has 3 rings (SSSR count). The minimum absolute atomic E-state index is 0.206. The van der Waals surface area contributed by atoms with E-state index in [0.29, 0.717) is 23.6 Å². The number of nitriles is 1. The fourth-order valence-corrected chi connectivity index (χ4v) is 2.44. The van der Waals surface area contributed by atoms with Gasteiger partial charge in [-0.05, 0) is 35.4 Å². The topological polar surface area (TPSA) is 71.3 Å². The molecule has 1 N–H and O–H groups in total. The van der Waals surface area contributed by atoms with Crippen LogP contribution in [0.4, 0.5) is 10.5 Å². The van der Waals surface area contributed by atoms with Gasteiger partial charge in [0.25, 0.3) is 0 Å². The minimum atomic E-state index is -0.530. The molecule has 0 bridgehead atoms. The normalized spacial score (nSPS) is 9.89. The van der Waals surface area contributed by atoms with Crippen molar-refractivity contribution in [3.63, 3.8) is 0 Å². The largest absolute Gasteiger partial charge is 0.489 e. The van der Waals surface area contributed by atoms with Gasteiger partial charge >= 0.3 is 6.09 Å². The van der Waals surface area contributed by atoms with Gasteiger partial charge in [-0.2, -0.15) is 5.26 Å². The van der Waals surface area contributed by atoms with Crippen molar-refractivity contribution in [2.75, 3.05) is 5.32 Å². The average Bonchev–Trinajstić information content (AvgIpc) is 2.72. The quantitative estimate of drug-likeness (QED) is 0.681. The number of hydrogen-bond acceptors (Lipinski definition) is 4. The monoisotopic (exact) mass is 358 g/mol. The lowest BCUT2D eigenvalue weighted by atomic mass is 10.1. The first-order valence-electron chi connectivity index (χ1n) is 8.42. The van der Waals surface area contributed by atoms with Gasteiger partial charge in [0, 0.05) is 11.8 Å². The van der Waals surface area contributed by atoms with Gasteiger partial charge in [0.05, 0.1) is 11.6 Å². The van der Waals surface area contributed by atoms with E-state index < -0.39 is 6.09 Å². The Morgan fingerprint density at radius 2 is 1.67 bits per heavy atom. The number of nitrogens with zero attached hydrogens (tertiary/aromatic N) is 1. The second-order valence-corrected chi connectivity index (χ2v) is 5.82. The molecule has 0 spiro atoms. The first-order valence-corrected chi connectivity index (χ1v) is 8.42. The highest BCUT2D eigenvalue weighted by Gasteiger charge is 2.05. The van der Waals surface area contributed by atoms with Crippen molar-refractivity contribution in [2.45, 2.75) is 13.2 Å². The van der Waals surface area contributed by atoms with Crippen LogP contribution in [-0.4, -0.2) is 6.09 Å². The van der Waals surface area contributed by atoms with Gasteiger partial charge in [0.15, 0.2) is 0 Å². The van der Waals surface area contributed by atoms with Crippen molar-refractivity contribution in [2.24, 2.45) is 0 Å². The van der Waals surface area contributed by atoms with Crippen LogP contribution in [-0.2, 0) is 18.0 Å². The Balaban J connectivity index is 1.53. The summed E-state index contributed by atoms with van der Waals surface area (Å²) >= 11 is 0. The molecule has 0 aromatic heterocycles. The van der Waals surface area contributed by atoms with Crippen LogP contribution in [0.5, 0.6) is 5.75 Å². The molecule has 5 nitrogen and oxygen atoms in total. The van der Waals surface area contributed by atoms with Gasteiger partial charge in [0.2, 0.25) is 0 Å². The van der Waals surface area contributed by atoms with E-state index in [1.54, 1.807) is 36.4 Å². The maximum atomic E-state index is 11.9. The minimum Gasteiger partial charge on any atom is -0.489 e. The molecule has 1 amide bonds. The fourth-order valence-electron chi connectivity index (χ4n) is 2.44. The Morgan fingerprint density at radius 3 is 2.48 bits per heavy atom. The van der Waals surface area contributed by atoms with E-state index in [0.717, 1.165) is 11.1 Å². The lowest BCUT2D eigenvalue weighted by molar-refractivity contribution is 0.155. The number of anilines is 1. The lowest BCUT2D eigenvalue weighted by Crippen LogP contribution is -2.13. The molecular weight excluding hydrogens is 340 g/mol. The van der Waals surface area contributed by atoms with Crippen LogP contribution < -0.4 is 10.1 Å². The molecule has 0 heterocycles. The van der Waals surface area contributed by atoms with Crippen LogP contribution in [0.1, 0.15) is 16.7 Å². The van der Waals surface area contributed by atoms with Crippen molar-refractivity contribution in [3.8, 4) is 11.8 Å². The van der Waals surface area contributed by atoms with E-state index in [1.807, 2.05) is 42.5 Å². The van der Waals surface area contributed by atoms with E-state index in [-0.39, 0.29) is 6.61 Å². The second kappa shape index (κ2) is 9.07. The summed E-state index contributed by atoms with van der Waals surface area (Å²) in [6.07, 6.45) is -0.530. The molecule has 0 aliphatic heterocycles. The number of nitrogens with one attached hydrogen (secondary N) is 1. The molecule has 0 atom stereocenters. The zero-order chi connectivity index (χ0) is 18.9. The molecule has 0 aliphatic rings. The van der Waals surface area contributed by atoms with Gasteiger partial charge < -0.3 is 9.47 Å². The third kappa shape index (κ3) is 5.62. The Morgan fingerprint density at radius 1 is 0.889 bits per heavy atom. The fraction of sp³-hybridized carbons (Fsp3) is 0.0909. The van der Waals surface area contributed by atoms with Gasteiger partial charge in [-0.3, -0.25) is 5.32 Å². The molecular formula is C22H18N2O3. The molecule has 27 heavy (non-hydrogen) atoms. The highest BCUT2D eigenvalue weighted by atomic mass is 16.5. The Hall–Kier alpha value is -3.78. The third-order valence-corrected chi connectivity index (χ3v) is 3.75. The maximum Gasteiger partial charge on any atom is 0.411 e. The number of benzene rings is 3. The van der Waals surface area contributed by atoms with Gasteiger partial charge in [0.1, 0.15) is 19.0 Å². The van der Waals surface area contributed by atoms with Crippen LogP contribution in [0.25, 0.3) is 0 Å². The van der Waals surface area contributed by atoms with Gasteiger partial charge in [-0.15, -0.1) is 0 Å². The Bertz CT molecular complexity index is 949. The number of carbonyl (C=O) groups excluding carboxylic acids is 1. The summed E-state index contributed by atoms with van der Waals surface area (Å²) in [4.78, 5) is 11.9. The van der Waals surface area contributed by atoms with E-state index in [4.69, 9.17) is 14.7 Å². The van der Waals surface area contributed by atoms with Crippen LogP contribution in [0, 0.1) is 11.3 Å². The first-order chi connectivity index (χ1) is 13.2. The second-order valence-electron chi connectivity index (χ2n) is 5.82. The predicted molar refractivity (Wildman–Crippen MR) is 102 cm³/mol. The predicted octanol–water partition coefficient (Wildman–Crippen LogP) is 4.89. The molecule has 0 fully saturated rings. The standard InChI is InChI=1S/C22H18N2O3/c23-14-18-8-4-9-19(12-18)16-26-21-11-5-10-20(13-21)24-22(25)27-15-17-6-2-1-3-7-17/h1-13H,15-16H2,(H,24,25). The summed E-state index contributed by atoms with van der Waals surface area (Å²) in [5.74, 6) is 0.609. The highest BCUT2D eigenvalue weighted by molar-refractivity contribution is 5.84. The first kappa shape index (κ1) is 18.0. The molecule has 3 aromatic rings. The number of hydrogen-bond donors (Lipinski definition) is 1. The molecule has 0 aliphatic carbocycles. The lowest BCUT2D eigenvalue weighted by Gasteiger charge is -2.10. The smallest absolute Gasteiger partial charge is 0.411 e. The van der Waals surface area contributed by atoms with Crippen molar-refractivity contribution in [1.29, 1.82) is 5.26 Å². The Kier molecular flexibility index (Phi) is 6.05. The van der Waals surface area contributed by atoms with Gasteiger partial charge in [-0.25, -0.2) is 4.79 Å². The Labute approximate surface area is 157 Å². The van der Waals surface area contributed by atoms with Crippen LogP contribution in [0.2, 0.25) is 0 Å².